The maximum Gasteiger partial charge on any atom is 0.248 e. The molecule has 27 heavy (non-hydrogen) atoms. The van der Waals surface area contributed by atoms with Crippen LogP contribution in [-0.4, -0.2) is 43.0 Å². The van der Waals surface area contributed by atoms with E-state index in [0.717, 1.165) is 30.2 Å². The third kappa shape index (κ3) is 4.20. The lowest BCUT2D eigenvalue weighted by atomic mass is 9.87. The van der Waals surface area contributed by atoms with Crippen LogP contribution in [0, 0.1) is 0 Å². The highest BCUT2D eigenvalue weighted by molar-refractivity contribution is 5.85. The molecule has 1 aliphatic rings. The molecule has 1 fully saturated rings. The molecule has 7 nitrogen and oxygen atoms in total. The fourth-order valence-corrected chi connectivity index (χ4v) is 3.51. The standard InChI is InChI=1S/C19H26N4O3.ClH/c1-14(16-13-15(25-2)5-6-17(16)26-3)22-18(24)19(7-10-20-11-8-19)23-12-4-9-21-23;/h4-6,9,12-14,20H,7-8,10-11H2,1-3H3,(H,22,24);1H. The molecule has 8 heteroatoms. The molecule has 1 saturated heterocycles. The van der Waals surface area contributed by atoms with Crippen molar-refractivity contribution in [2.75, 3.05) is 27.3 Å². The first-order valence-corrected chi connectivity index (χ1v) is 8.84. The van der Waals surface area contributed by atoms with Gasteiger partial charge in [0.2, 0.25) is 5.91 Å². The first-order chi connectivity index (χ1) is 12.6. The SMILES string of the molecule is COc1ccc(OC)c(C(C)NC(=O)C2(n3cccn3)CCNCC2)c1.Cl. The number of benzene rings is 1. The van der Waals surface area contributed by atoms with Gasteiger partial charge < -0.3 is 20.1 Å². The number of aromatic nitrogens is 2. The summed E-state index contributed by atoms with van der Waals surface area (Å²) in [5.41, 5.74) is 0.208. The minimum atomic E-state index is -0.672. The number of hydrogen-bond acceptors (Lipinski definition) is 5. The van der Waals surface area contributed by atoms with Gasteiger partial charge in [-0.25, -0.2) is 0 Å². The van der Waals surface area contributed by atoms with E-state index in [0.29, 0.717) is 12.8 Å². The second-order valence-electron chi connectivity index (χ2n) is 6.54. The predicted octanol–water partition coefficient (Wildman–Crippen LogP) is 2.28. The second kappa shape index (κ2) is 9.10. The summed E-state index contributed by atoms with van der Waals surface area (Å²) in [5, 5.41) is 10.8. The Hall–Kier alpha value is -2.25. The number of amides is 1. The predicted molar refractivity (Wildman–Crippen MR) is 106 cm³/mol. The van der Waals surface area contributed by atoms with Crippen molar-refractivity contribution in [3.63, 3.8) is 0 Å². The zero-order chi connectivity index (χ0) is 18.6. The lowest BCUT2D eigenvalue weighted by molar-refractivity contribution is -0.132. The van der Waals surface area contributed by atoms with Crippen molar-refractivity contribution in [1.29, 1.82) is 0 Å². The van der Waals surface area contributed by atoms with E-state index in [9.17, 15) is 4.79 Å². The van der Waals surface area contributed by atoms with Crippen molar-refractivity contribution in [3.8, 4) is 11.5 Å². The zero-order valence-electron chi connectivity index (χ0n) is 15.9. The molecule has 2 N–H and O–H groups in total. The largest absolute Gasteiger partial charge is 0.497 e. The molecule has 2 heterocycles. The molecule has 1 atom stereocenters. The van der Waals surface area contributed by atoms with Crippen LogP contribution < -0.4 is 20.1 Å². The van der Waals surface area contributed by atoms with E-state index >= 15 is 0 Å². The number of nitrogens with one attached hydrogen (secondary N) is 2. The van der Waals surface area contributed by atoms with Crippen molar-refractivity contribution in [1.82, 2.24) is 20.4 Å². The smallest absolute Gasteiger partial charge is 0.248 e. The average molecular weight is 395 g/mol. The summed E-state index contributed by atoms with van der Waals surface area (Å²) >= 11 is 0. The Morgan fingerprint density at radius 2 is 2.04 bits per heavy atom. The fraction of sp³-hybridized carbons (Fsp3) is 0.474. The van der Waals surface area contributed by atoms with E-state index in [-0.39, 0.29) is 24.4 Å². The summed E-state index contributed by atoms with van der Waals surface area (Å²) in [7, 11) is 3.24. The number of carbonyl (C=O) groups excluding carboxylic acids is 1. The van der Waals surface area contributed by atoms with Crippen molar-refractivity contribution < 1.29 is 14.3 Å². The number of nitrogens with zero attached hydrogens (tertiary/aromatic N) is 2. The van der Waals surface area contributed by atoms with Crippen LogP contribution in [0.3, 0.4) is 0 Å². The Morgan fingerprint density at radius 3 is 2.63 bits per heavy atom. The molecular formula is C19H27ClN4O3. The highest BCUT2D eigenvalue weighted by Gasteiger charge is 2.42. The number of methoxy groups -OCH3 is 2. The summed E-state index contributed by atoms with van der Waals surface area (Å²) in [5.74, 6) is 1.42. The molecule has 1 aromatic heterocycles. The molecular weight excluding hydrogens is 368 g/mol. The normalized spacial score (nSPS) is 16.7. The first kappa shape index (κ1) is 21.1. The Labute approximate surface area is 165 Å². The van der Waals surface area contributed by atoms with Crippen LogP contribution in [0.4, 0.5) is 0 Å². The fourth-order valence-electron chi connectivity index (χ4n) is 3.51. The first-order valence-electron chi connectivity index (χ1n) is 8.84. The number of rotatable bonds is 6. The van der Waals surface area contributed by atoms with E-state index in [1.165, 1.54) is 0 Å². The molecule has 2 aromatic rings. The van der Waals surface area contributed by atoms with E-state index in [1.807, 2.05) is 37.4 Å². The zero-order valence-corrected chi connectivity index (χ0v) is 16.7. The second-order valence-corrected chi connectivity index (χ2v) is 6.54. The molecule has 1 aliphatic heterocycles. The Kier molecular flexibility index (Phi) is 7.10. The third-order valence-corrected chi connectivity index (χ3v) is 5.05. The number of piperidine rings is 1. The molecule has 148 valence electrons. The van der Waals surface area contributed by atoms with Gasteiger partial charge in [-0.15, -0.1) is 12.4 Å². The van der Waals surface area contributed by atoms with Gasteiger partial charge in [-0.2, -0.15) is 5.10 Å². The number of hydrogen-bond donors (Lipinski definition) is 2. The van der Waals surface area contributed by atoms with Crippen molar-refractivity contribution in [3.05, 3.63) is 42.2 Å². The lowest BCUT2D eigenvalue weighted by Gasteiger charge is -2.37. The maximum atomic E-state index is 13.3. The van der Waals surface area contributed by atoms with Gasteiger partial charge in [-0.05, 0) is 57.1 Å². The third-order valence-electron chi connectivity index (χ3n) is 5.05. The molecule has 1 aromatic carbocycles. The molecule has 0 aliphatic carbocycles. The minimum absolute atomic E-state index is 0. The molecule has 1 unspecified atom stereocenters. The van der Waals surface area contributed by atoms with Gasteiger partial charge in [-0.1, -0.05) is 0 Å². The lowest BCUT2D eigenvalue weighted by Crippen LogP contribution is -2.55. The molecule has 0 saturated carbocycles. The number of carbonyl (C=O) groups is 1. The highest BCUT2D eigenvalue weighted by atomic mass is 35.5. The maximum absolute atomic E-state index is 13.3. The van der Waals surface area contributed by atoms with Crippen LogP contribution >= 0.6 is 12.4 Å². The topological polar surface area (TPSA) is 77.4 Å². The quantitative estimate of drug-likeness (QED) is 0.786. The molecule has 0 bridgehead atoms. The monoisotopic (exact) mass is 394 g/mol. The van der Waals surface area contributed by atoms with Crippen LogP contribution in [0.2, 0.25) is 0 Å². The molecule has 1 amide bonds. The summed E-state index contributed by atoms with van der Waals surface area (Å²) in [6.07, 6.45) is 4.97. The minimum Gasteiger partial charge on any atom is -0.497 e. The average Bonchev–Trinajstić information content (AvgIpc) is 3.23. The van der Waals surface area contributed by atoms with Gasteiger partial charge >= 0.3 is 0 Å². The van der Waals surface area contributed by atoms with Gasteiger partial charge in [0.05, 0.1) is 20.3 Å². The van der Waals surface area contributed by atoms with Gasteiger partial charge in [0.1, 0.15) is 17.0 Å². The van der Waals surface area contributed by atoms with Gasteiger partial charge in [0, 0.05) is 18.0 Å². The van der Waals surface area contributed by atoms with Crippen molar-refractivity contribution in [2.24, 2.45) is 0 Å². The summed E-state index contributed by atoms with van der Waals surface area (Å²) in [4.78, 5) is 13.3. The summed E-state index contributed by atoms with van der Waals surface area (Å²) in [6, 6.07) is 7.22. The van der Waals surface area contributed by atoms with E-state index in [2.05, 4.69) is 15.7 Å². The molecule has 3 rings (SSSR count). The van der Waals surface area contributed by atoms with E-state index in [1.54, 1.807) is 25.1 Å². The van der Waals surface area contributed by atoms with Crippen molar-refractivity contribution >= 4 is 18.3 Å². The van der Waals surface area contributed by atoms with Gasteiger partial charge in [0.15, 0.2) is 0 Å². The van der Waals surface area contributed by atoms with Crippen LogP contribution in [0.5, 0.6) is 11.5 Å². The Morgan fingerprint density at radius 1 is 1.30 bits per heavy atom. The van der Waals surface area contributed by atoms with Gasteiger partial charge in [0.25, 0.3) is 0 Å². The Bertz CT molecular complexity index is 745. The molecule has 0 radical (unpaired) electrons. The van der Waals surface area contributed by atoms with Crippen molar-refractivity contribution in [2.45, 2.75) is 31.3 Å². The van der Waals surface area contributed by atoms with Crippen LogP contribution in [0.25, 0.3) is 0 Å². The Balaban J connectivity index is 0.00000261. The van der Waals surface area contributed by atoms with Crippen LogP contribution in [0.1, 0.15) is 31.4 Å². The van der Waals surface area contributed by atoms with E-state index in [4.69, 9.17) is 9.47 Å². The number of halogens is 1. The number of ether oxygens (including phenoxy) is 2. The van der Waals surface area contributed by atoms with E-state index < -0.39 is 5.54 Å². The summed E-state index contributed by atoms with van der Waals surface area (Å²) < 4.78 is 12.6. The molecule has 0 spiro atoms. The van der Waals surface area contributed by atoms with Crippen LogP contribution in [0.15, 0.2) is 36.7 Å². The van der Waals surface area contributed by atoms with Gasteiger partial charge in [-0.3, -0.25) is 9.48 Å². The highest BCUT2D eigenvalue weighted by Crippen LogP contribution is 2.32. The van der Waals surface area contributed by atoms with Crippen LogP contribution in [-0.2, 0) is 10.3 Å². The summed E-state index contributed by atoms with van der Waals surface area (Å²) in [6.45, 7) is 3.52.